The normalized spacial score (nSPS) is 20.0. The number of hydrogen-bond acceptors (Lipinski definition) is 6. The first-order valence-electron chi connectivity index (χ1n) is 7.76. The molecule has 0 amide bonds. The molecule has 0 bridgehead atoms. The van der Waals surface area contributed by atoms with Crippen LogP contribution in [0.15, 0.2) is 70.7 Å². The molecule has 0 aliphatic carbocycles. The lowest BCUT2D eigenvalue weighted by molar-refractivity contribution is 0.410. The van der Waals surface area contributed by atoms with Crippen molar-refractivity contribution < 1.29 is 8.42 Å². The molecule has 5 N–H and O–H groups in total. The van der Waals surface area contributed by atoms with Crippen molar-refractivity contribution in [3.05, 3.63) is 77.5 Å². The van der Waals surface area contributed by atoms with Gasteiger partial charge < -0.3 is 11.1 Å². The van der Waals surface area contributed by atoms with E-state index >= 15 is 0 Å². The van der Waals surface area contributed by atoms with Crippen LogP contribution in [0, 0.1) is 6.92 Å². The van der Waals surface area contributed by atoms with E-state index in [-0.39, 0.29) is 5.75 Å². The van der Waals surface area contributed by atoms with Crippen LogP contribution >= 0.6 is 0 Å². The third kappa shape index (κ3) is 3.72. The Balaban J connectivity index is 1.81. The monoisotopic (exact) mass is 356 g/mol. The van der Waals surface area contributed by atoms with E-state index in [0.29, 0.717) is 21.9 Å². The second-order valence-corrected chi connectivity index (χ2v) is 8.04. The van der Waals surface area contributed by atoms with E-state index < -0.39 is 15.6 Å². The molecule has 0 saturated carbocycles. The fourth-order valence-corrected chi connectivity index (χ4v) is 3.93. The number of amidine groups is 1. The summed E-state index contributed by atoms with van der Waals surface area (Å²) >= 11 is 0. The van der Waals surface area contributed by atoms with Crippen LogP contribution in [-0.2, 0) is 21.4 Å². The highest BCUT2D eigenvalue weighted by molar-refractivity contribution is 7.90. The van der Waals surface area contributed by atoms with Crippen molar-refractivity contribution in [1.82, 2.24) is 5.32 Å². The molecule has 130 valence electrons. The van der Waals surface area contributed by atoms with Crippen molar-refractivity contribution in [1.29, 1.82) is 0 Å². The third-order valence-electron chi connectivity index (χ3n) is 3.99. The SMILES string of the molecule is Cc1ccc(S(=O)(=O)Cc2ccc(C3(N)N=C(N)C=CN3)cc2)cc1. The van der Waals surface area contributed by atoms with Crippen molar-refractivity contribution in [3.8, 4) is 0 Å². The molecule has 7 heteroatoms. The average molecular weight is 356 g/mol. The molecule has 0 saturated heterocycles. The van der Waals surface area contributed by atoms with Gasteiger partial charge in [0.05, 0.1) is 10.6 Å². The van der Waals surface area contributed by atoms with Gasteiger partial charge in [-0.3, -0.25) is 5.73 Å². The minimum absolute atomic E-state index is 0.0767. The van der Waals surface area contributed by atoms with Gasteiger partial charge in [0.15, 0.2) is 9.84 Å². The maximum absolute atomic E-state index is 12.5. The summed E-state index contributed by atoms with van der Waals surface area (Å²) in [4.78, 5) is 4.51. The van der Waals surface area contributed by atoms with E-state index in [4.69, 9.17) is 11.5 Å². The van der Waals surface area contributed by atoms with Gasteiger partial charge in [-0.25, -0.2) is 13.4 Å². The van der Waals surface area contributed by atoms with Gasteiger partial charge in [-0.2, -0.15) is 0 Å². The van der Waals surface area contributed by atoms with Gasteiger partial charge in [0.25, 0.3) is 0 Å². The molecule has 0 radical (unpaired) electrons. The van der Waals surface area contributed by atoms with Gasteiger partial charge in [-0.05, 0) is 30.7 Å². The maximum Gasteiger partial charge on any atom is 0.211 e. The highest BCUT2D eigenvalue weighted by atomic mass is 32.2. The second kappa shape index (κ2) is 6.34. The fraction of sp³-hybridized carbons (Fsp3) is 0.167. The Bertz CT molecular complexity index is 932. The van der Waals surface area contributed by atoms with Crippen LogP contribution < -0.4 is 16.8 Å². The Kier molecular flexibility index (Phi) is 4.36. The van der Waals surface area contributed by atoms with Gasteiger partial charge in [0.2, 0.25) is 5.79 Å². The molecule has 1 aliphatic heterocycles. The first kappa shape index (κ1) is 17.2. The number of nitrogens with two attached hydrogens (primary N) is 2. The Morgan fingerprint density at radius 1 is 1.08 bits per heavy atom. The lowest BCUT2D eigenvalue weighted by Crippen LogP contribution is -2.49. The zero-order valence-corrected chi connectivity index (χ0v) is 14.6. The molecule has 25 heavy (non-hydrogen) atoms. The molecule has 1 atom stereocenters. The lowest BCUT2D eigenvalue weighted by atomic mass is 10.1. The van der Waals surface area contributed by atoms with Crippen molar-refractivity contribution in [3.63, 3.8) is 0 Å². The smallest absolute Gasteiger partial charge is 0.211 e. The van der Waals surface area contributed by atoms with E-state index in [2.05, 4.69) is 10.3 Å². The summed E-state index contributed by atoms with van der Waals surface area (Å²) in [5.41, 5.74) is 14.3. The van der Waals surface area contributed by atoms with Crippen LogP contribution in [0.25, 0.3) is 0 Å². The fourth-order valence-electron chi connectivity index (χ4n) is 2.58. The first-order chi connectivity index (χ1) is 11.8. The Morgan fingerprint density at radius 3 is 2.32 bits per heavy atom. The molecular formula is C18H20N4O2S. The quantitative estimate of drug-likeness (QED) is 0.769. The molecule has 1 unspecified atom stereocenters. The van der Waals surface area contributed by atoms with Gasteiger partial charge in [-0.1, -0.05) is 42.0 Å². The Hall–Kier alpha value is -2.64. The van der Waals surface area contributed by atoms with E-state index in [9.17, 15) is 8.42 Å². The Labute approximate surface area is 147 Å². The summed E-state index contributed by atoms with van der Waals surface area (Å²) in [5, 5.41) is 2.95. The zero-order chi connectivity index (χ0) is 18.1. The molecule has 2 aromatic rings. The van der Waals surface area contributed by atoms with E-state index in [1.54, 1.807) is 60.8 Å². The summed E-state index contributed by atoms with van der Waals surface area (Å²) in [6.45, 7) is 1.92. The van der Waals surface area contributed by atoms with Crippen LogP contribution in [0.2, 0.25) is 0 Å². The number of hydrogen-bond donors (Lipinski definition) is 3. The number of benzene rings is 2. The summed E-state index contributed by atoms with van der Waals surface area (Å²) < 4.78 is 25.0. The molecule has 0 aromatic heterocycles. The van der Waals surface area contributed by atoms with Crippen molar-refractivity contribution >= 4 is 15.7 Å². The summed E-state index contributed by atoms with van der Waals surface area (Å²) in [5.74, 6) is -0.896. The topological polar surface area (TPSA) is 111 Å². The molecule has 0 spiro atoms. The van der Waals surface area contributed by atoms with Crippen molar-refractivity contribution in [2.45, 2.75) is 23.4 Å². The van der Waals surface area contributed by atoms with Gasteiger partial charge >= 0.3 is 0 Å². The van der Waals surface area contributed by atoms with Crippen LogP contribution in [0.4, 0.5) is 0 Å². The molecule has 3 rings (SSSR count). The third-order valence-corrected chi connectivity index (χ3v) is 5.70. The minimum atomic E-state index is -3.40. The van der Waals surface area contributed by atoms with Crippen LogP contribution in [0.3, 0.4) is 0 Å². The highest BCUT2D eigenvalue weighted by Gasteiger charge is 2.27. The molecule has 0 fully saturated rings. The lowest BCUT2D eigenvalue weighted by Gasteiger charge is -2.28. The van der Waals surface area contributed by atoms with E-state index in [1.165, 1.54) is 0 Å². The van der Waals surface area contributed by atoms with Gasteiger partial charge in [-0.15, -0.1) is 0 Å². The van der Waals surface area contributed by atoms with Crippen LogP contribution in [0.1, 0.15) is 16.7 Å². The van der Waals surface area contributed by atoms with E-state index in [1.807, 2.05) is 6.92 Å². The predicted octanol–water partition coefficient (Wildman–Crippen LogP) is 1.51. The van der Waals surface area contributed by atoms with Crippen LogP contribution in [0.5, 0.6) is 0 Å². The number of rotatable bonds is 4. The molecule has 1 aliphatic rings. The summed E-state index contributed by atoms with van der Waals surface area (Å²) in [7, 11) is -3.40. The minimum Gasteiger partial charge on any atom is -0.384 e. The van der Waals surface area contributed by atoms with Gasteiger partial charge in [0.1, 0.15) is 5.84 Å². The molecule has 1 heterocycles. The number of aryl methyl sites for hydroxylation is 1. The first-order valence-corrected chi connectivity index (χ1v) is 9.41. The zero-order valence-electron chi connectivity index (χ0n) is 13.8. The molecular weight excluding hydrogens is 336 g/mol. The molecule has 2 aromatic carbocycles. The van der Waals surface area contributed by atoms with Crippen molar-refractivity contribution in [2.75, 3.05) is 0 Å². The standard InChI is InChI=1S/C18H20N4O2S/c1-13-2-8-16(9-3-13)25(23,24)12-14-4-6-15(7-5-14)18(20)21-11-10-17(19)22-18/h2-11,21H,12,20H2,1H3,(H2,19,22). The van der Waals surface area contributed by atoms with Crippen molar-refractivity contribution in [2.24, 2.45) is 16.5 Å². The number of aliphatic imine (C=N–C) groups is 1. The highest BCUT2D eigenvalue weighted by Crippen LogP contribution is 2.22. The number of nitrogens with zero attached hydrogens (tertiary/aromatic N) is 1. The van der Waals surface area contributed by atoms with Gasteiger partial charge in [0, 0.05) is 11.8 Å². The van der Waals surface area contributed by atoms with E-state index in [0.717, 1.165) is 5.56 Å². The number of nitrogens with one attached hydrogen (secondary N) is 1. The average Bonchev–Trinajstić information content (AvgIpc) is 2.55. The largest absolute Gasteiger partial charge is 0.384 e. The number of sulfone groups is 1. The predicted molar refractivity (Wildman–Crippen MR) is 98.3 cm³/mol. The summed E-state index contributed by atoms with van der Waals surface area (Å²) in [6, 6.07) is 13.8. The maximum atomic E-state index is 12.5. The summed E-state index contributed by atoms with van der Waals surface area (Å²) in [6.07, 6.45) is 3.26. The Morgan fingerprint density at radius 2 is 1.72 bits per heavy atom. The molecule has 6 nitrogen and oxygen atoms in total. The van der Waals surface area contributed by atoms with Crippen LogP contribution in [-0.4, -0.2) is 14.3 Å². The second-order valence-electron chi connectivity index (χ2n) is 6.05.